The summed E-state index contributed by atoms with van der Waals surface area (Å²) < 4.78 is 0. The summed E-state index contributed by atoms with van der Waals surface area (Å²) in [6, 6.07) is 18.4. The maximum absolute atomic E-state index is 13.4. The van der Waals surface area contributed by atoms with Crippen LogP contribution >= 0.6 is 0 Å². The zero-order valence-corrected chi connectivity index (χ0v) is 17.9. The van der Waals surface area contributed by atoms with Crippen LogP contribution in [-0.2, 0) is 17.6 Å². The first-order valence-electron chi connectivity index (χ1n) is 11.3. The van der Waals surface area contributed by atoms with Crippen LogP contribution in [0.3, 0.4) is 0 Å². The summed E-state index contributed by atoms with van der Waals surface area (Å²) in [6.45, 7) is 2.56. The van der Waals surface area contributed by atoms with E-state index in [9.17, 15) is 9.59 Å². The first-order chi connectivity index (χ1) is 14.6. The van der Waals surface area contributed by atoms with Crippen molar-refractivity contribution < 1.29 is 9.59 Å². The van der Waals surface area contributed by atoms with Crippen LogP contribution in [0.15, 0.2) is 54.6 Å². The highest BCUT2D eigenvalue weighted by Gasteiger charge is 2.50. The summed E-state index contributed by atoms with van der Waals surface area (Å²) in [5.74, 6) is -0.0121. The van der Waals surface area contributed by atoms with Crippen LogP contribution in [-0.4, -0.2) is 34.8 Å². The predicted octanol–water partition coefficient (Wildman–Crippen LogP) is 4.53. The molecule has 158 valence electrons. The summed E-state index contributed by atoms with van der Waals surface area (Å²) in [4.78, 5) is 28.2. The topological polar surface area (TPSA) is 49.4 Å². The Kier molecular flexibility index (Phi) is 6.21. The molecule has 4 nitrogen and oxygen atoms in total. The average molecular weight is 405 g/mol. The number of nitrogens with one attached hydrogen (secondary N) is 1. The Balaban J connectivity index is 1.45. The predicted molar refractivity (Wildman–Crippen MR) is 119 cm³/mol. The fourth-order valence-corrected chi connectivity index (χ4v) is 4.72. The molecule has 2 fully saturated rings. The van der Waals surface area contributed by atoms with Crippen LogP contribution < -0.4 is 5.32 Å². The summed E-state index contributed by atoms with van der Waals surface area (Å²) in [5, 5.41) is 3.23. The number of aryl methyl sites for hydroxylation is 2. The molecule has 4 rings (SSSR count). The Morgan fingerprint density at radius 2 is 1.67 bits per heavy atom. The van der Waals surface area contributed by atoms with Gasteiger partial charge in [0.1, 0.15) is 5.54 Å². The van der Waals surface area contributed by atoms with Gasteiger partial charge in [-0.1, -0.05) is 67.8 Å². The molecule has 1 saturated heterocycles. The van der Waals surface area contributed by atoms with Crippen LogP contribution in [0.2, 0.25) is 0 Å². The van der Waals surface area contributed by atoms with Crippen molar-refractivity contribution >= 4 is 11.8 Å². The highest BCUT2D eigenvalue weighted by Crippen LogP contribution is 2.33. The molecule has 2 aliphatic rings. The zero-order valence-electron chi connectivity index (χ0n) is 17.9. The van der Waals surface area contributed by atoms with Crippen molar-refractivity contribution in [3.63, 3.8) is 0 Å². The first-order valence-corrected chi connectivity index (χ1v) is 11.3. The molecule has 1 N–H and O–H groups in total. The zero-order chi connectivity index (χ0) is 21.0. The van der Waals surface area contributed by atoms with Gasteiger partial charge in [-0.3, -0.25) is 9.59 Å². The lowest BCUT2D eigenvalue weighted by atomic mass is 9.83. The third kappa shape index (κ3) is 4.28. The molecule has 1 saturated carbocycles. The van der Waals surface area contributed by atoms with Gasteiger partial charge in [0.05, 0.1) is 0 Å². The van der Waals surface area contributed by atoms with E-state index in [0.29, 0.717) is 6.54 Å². The van der Waals surface area contributed by atoms with Gasteiger partial charge in [0.15, 0.2) is 0 Å². The van der Waals surface area contributed by atoms with Crippen LogP contribution in [0.1, 0.15) is 66.9 Å². The molecule has 1 atom stereocenters. The van der Waals surface area contributed by atoms with Crippen LogP contribution in [0, 0.1) is 0 Å². The molecule has 1 unspecified atom stereocenters. The lowest BCUT2D eigenvalue weighted by Gasteiger charge is -2.49. The molecule has 2 aromatic rings. The number of nitrogens with zero attached hydrogens (tertiary/aromatic N) is 1. The summed E-state index contributed by atoms with van der Waals surface area (Å²) in [5.41, 5.74) is 2.31. The smallest absolute Gasteiger partial charge is 0.255 e. The molecule has 1 aliphatic carbocycles. The Bertz CT molecular complexity index is 889. The minimum absolute atomic E-state index is 0.00997. The third-order valence-corrected chi connectivity index (χ3v) is 6.87. The van der Waals surface area contributed by atoms with Crippen LogP contribution in [0.5, 0.6) is 0 Å². The normalized spacial score (nSPS) is 21.7. The number of carbonyl (C=O) groups is 2. The molecule has 0 radical (unpaired) electrons. The highest BCUT2D eigenvalue weighted by atomic mass is 16.2. The fraction of sp³-hybridized carbons (Fsp3) is 0.462. The maximum atomic E-state index is 13.4. The van der Waals surface area contributed by atoms with E-state index in [1.54, 1.807) is 4.90 Å². The Labute approximate surface area is 179 Å². The Morgan fingerprint density at radius 1 is 0.967 bits per heavy atom. The van der Waals surface area contributed by atoms with Gasteiger partial charge in [0.25, 0.3) is 5.91 Å². The first kappa shape index (κ1) is 20.6. The van der Waals surface area contributed by atoms with E-state index >= 15 is 0 Å². The molecule has 0 bridgehead atoms. The Hall–Kier alpha value is -2.62. The van der Waals surface area contributed by atoms with Crippen molar-refractivity contribution in [2.45, 2.75) is 69.9 Å². The Morgan fingerprint density at radius 3 is 2.37 bits per heavy atom. The lowest BCUT2D eigenvalue weighted by molar-refractivity contribution is -0.138. The van der Waals surface area contributed by atoms with Crippen molar-refractivity contribution in [3.05, 3.63) is 71.3 Å². The molecule has 30 heavy (non-hydrogen) atoms. The van der Waals surface area contributed by atoms with Gasteiger partial charge >= 0.3 is 0 Å². The van der Waals surface area contributed by atoms with Gasteiger partial charge < -0.3 is 10.2 Å². The molecule has 2 amide bonds. The van der Waals surface area contributed by atoms with E-state index in [1.807, 2.05) is 49.4 Å². The summed E-state index contributed by atoms with van der Waals surface area (Å²) in [6.07, 6.45) is 8.15. The van der Waals surface area contributed by atoms with Crippen molar-refractivity contribution in [1.29, 1.82) is 0 Å². The van der Waals surface area contributed by atoms with Gasteiger partial charge in [-0.2, -0.15) is 0 Å². The lowest BCUT2D eigenvalue weighted by Crippen LogP contribution is -2.68. The number of carbonyl (C=O) groups excluding carboxylic acids is 2. The van der Waals surface area contributed by atoms with Crippen LogP contribution in [0.4, 0.5) is 0 Å². The van der Waals surface area contributed by atoms with E-state index in [1.165, 1.54) is 24.8 Å². The number of benzene rings is 2. The molecular formula is C26H32N2O2. The largest absolute Gasteiger partial charge is 0.351 e. The number of likely N-dealkylation sites (tertiary alicyclic amines) is 1. The fourth-order valence-electron chi connectivity index (χ4n) is 4.72. The SMILES string of the molecule is CC1(C(=O)NC2CCCCC2)CCN1C(=O)c1ccccc1CCc1ccccc1. The van der Waals surface area contributed by atoms with Gasteiger partial charge in [-0.05, 0) is 56.2 Å². The van der Waals surface area contributed by atoms with Crippen molar-refractivity contribution in [1.82, 2.24) is 10.2 Å². The van der Waals surface area contributed by atoms with E-state index < -0.39 is 5.54 Å². The average Bonchev–Trinajstić information content (AvgIpc) is 2.78. The molecule has 0 spiro atoms. The summed E-state index contributed by atoms with van der Waals surface area (Å²) >= 11 is 0. The monoisotopic (exact) mass is 404 g/mol. The van der Waals surface area contributed by atoms with Crippen molar-refractivity contribution in [2.24, 2.45) is 0 Å². The second kappa shape index (κ2) is 9.03. The molecular weight excluding hydrogens is 372 g/mol. The molecule has 4 heteroatoms. The van der Waals surface area contributed by atoms with Crippen molar-refractivity contribution in [2.75, 3.05) is 6.54 Å². The van der Waals surface area contributed by atoms with Crippen molar-refractivity contribution in [3.8, 4) is 0 Å². The third-order valence-electron chi connectivity index (χ3n) is 6.87. The molecule has 2 aromatic carbocycles. The maximum Gasteiger partial charge on any atom is 0.255 e. The number of hydrogen-bond acceptors (Lipinski definition) is 2. The highest BCUT2D eigenvalue weighted by molar-refractivity contribution is 6.01. The second-order valence-electron chi connectivity index (χ2n) is 8.93. The molecule has 1 aliphatic heterocycles. The van der Waals surface area contributed by atoms with E-state index in [2.05, 4.69) is 17.4 Å². The van der Waals surface area contributed by atoms with E-state index in [-0.39, 0.29) is 17.9 Å². The quantitative estimate of drug-likeness (QED) is 0.769. The summed E-state index contributed by atoms with van der Waals surface area (Å²) in [7, 11) is 0. The van der Waals surface area contributed by atoms with Gasteiger partial charge in [0, 0.05) is 18.2 Å². The van der Waals surface area contributed by atoms with Crippen LogP contribution in [0.25, 0.3) is 0 Å². The van der Waals surface area contributed by atoms with E-state index in [0.717, 1.165) is 43.2 Å². The minimum Gasteiger partial charge on any atom is -0.351 e. The van der Waals surface area contributed by atoms with Gasteiger partial charge in [-0.15, -0.1) is 0 Å². The number of hydrogen-bond donors (Lipinski definition) is 1. The minimum atomic E-state index is -0.735. The standard InChI is InChI=1S/C26H32N2O2/c1-26(25(30)27-22-13-6-3-7-14-22)18-19-28(26)24(29)23-15-9-8-12-21(23)17-16-20-10-4-2-5-11-20/h2,4-5,8-12,15,22H,3,6-7,13-14,16-19H2,1H3,(H,27,30). The number of rotatable bonds is 6. The van der Waals surface area contributed by atoms with E-state index in [4.69, 9.17) is 0 Å². The molecule has 0 aromatic heterocycles. The van der Waals surface area contributed by atoms with Gasteiger partial charge in [-0.25, -0.2) is 0 Å². The molecule has 1 heterocycles. The number of amides is 2. The van der Waals surface area contributed by atoms with Gasteiger partial charge in [0.2, 0.25) is 5.91 Å². The second-order valence-corrected chi connectivity index (χ2v) is 8.93.